The molecular formula is C14H19BrN2OS. The number of hydrogen-bond donors (Lipinski definition) is 1. The molecule has 0 spiro atoms. The molecule has 1 aromatic heterocycles. The number of fused-ring (bicyclic) bond motifs is 1. The van der Waals surface area contributed by atoms with E-state index in [0.717, 1.165) is 40.2 Å². The van der Waals surface area contributed by atoms with Crippen molar-refractivity contribution in [1.29, 1.82) is 0 Å². The van der Waals surface area contributed by atoms with Gasteiger partial charge in [-0.1, -0.05) is 0 Å². The minimum Gasteiger partial charge on any atom is -0.337 e. The Hall–Kier alpha value is -0.390. The summed E-state index contributed by atoms with van der Waals surface area (Å²) < 4.78 is 1.06. The van der Waals surface area contributed by atoms with Gasteiger partial charge in [0, 0.05) is 19.1 Å². The first kappa shape index (κ1) is 13.6. The summed E-state index contributed by atoms with van der Waals surface area (Å²) in [7, 11) is 0. The highest BCUT2D eigenvalue weighted by molar-refractivity contribution is 9.11. The molecule has 3 atom stereocenters. The van der Waals surface area contributed by atoms with Crippen molar-refractivity contribution in [3.05, 3.63) is 20.3 Å². The van der Waals surface area contributed by atoms with E-state index in [9.17, 15) is 4.79 Å². The van der Waals surface area contributed by atoms with E-state index in [2.05, 4.69) is 15.9 Å². The van der Waals surface area contributed by atoms with Gasteiger partial charge in [0.15, 0.2) is 0 Å². The van der Waals surface area contributed by atoms with Crippen LogP contribution < -0.4 is 5.73 Å². The minimum atomic E-state index is 0.196. The number of carbonyl (C=O) groups excluding carboxylic acids is 1. The summed E-state index contributed by atoms with van der Waals surface area (Å²) in [4.78, 5) is 15.4. The largest absolute Gasteiger partial charge is 0.337 e. The van der Waals surface area contributed by atoms with Crippen molar-refractivity contribution in [2.45, 2.75) is 32.2 Å². The van der Waals surface area contributed by atoms with Gasteiger partial charge < -0.3 is 10.6 Å². The molecular weight excluding hydrogens is 324 g/mol. The maximum atomic E-state index is 12.5. The summed E-state index contributed by atoms with van der Waals surface area (Å²) in [5, 5.41) is 0. The Labute approximate surface area is 126 Å². The van der Waals surface area contributed by atoms with E-state index >= 15 is 0 Å². The van der Waals surface area contributed by atoms with E-state index in [1.165, 1.54) is 6.42 Å². The number of halogens is 1. The van der Waals surface area contributed by atoms with Crippen molar-refractivity contribution in [1.82, 2.24) is 4.90 Å². The fourth-order valence-corrected chi connectivity index (χ4v) is 4.86. The van der Waals surface area contributed by atoms with Crippen molar-refractivity contribution in [2.75, 3.05) is 13.1 Å². The highest BCUT2D eigenvalue weighted by atomic mass is 79.9. The summed E-state index contributed by atoms with van der Waals surface area (Å²) in [5.74, 6) is 1.49. The second-order valence-corrected chi connectivity index (χ2v) is 8.24. The number of likely N-dealkylation sites (tertiary alicyclic amines) is 1. The molecule has 2 N–H and O–H groups in total. The van der Waals surface area contributed by atoms with Gasteiger partial charge in [-0.05, 0) is 65.6 Å². The molecule has 1 saturated heterocycles. The Balaban J connectivity index is 1.72. The average Bonchev–Trinajstić information content (AvgIpc) is 2.92. The first-order valence-electron chi connectivity index (χ1n) is 6.85. The second-order valence-electron chi connectivity index (χ2n) is 5.87. The first-order valence-corrected chi connectivity index (χ1v) is 8.46. The summed E-state index contributed by atoms with van der Waals surface area (Å²) in [6.07, 6.45) is 3.39. The quantitative estimate of drug-likeness (QED) is 0.852. The third-order valence-corrected chi connectivity index (χ3v) is 6.57. The van der Waals surface area contributed by atoms with Crippen LogP contribution in [0.4, 0.5) is 0 Å². The predicted molar refractivity (Wildman–Crippen MR) is 81.5 cm³/mol. The molecule has 19 heavy (non-hydrogen) atoms. The maximum absolute atomic E-state index is 12.5. The fraction of sp³-hybridized carbons (Fsp3) is 0.643. The van der Waals surface area contributed by atoms with Crippen LogP contribution in [0.5, 0.6) is 0 Å². The number of aryl methyl sites for hydroxylation is 1. The van der Waals surface area contributed by atoms with Crippen LogP contribution in [0.1, 0.15) is 34.5 Å². The second kappa shape index (κ2) is 5.19. The number of hydrogen-bond acceptors (Lipinski definition) is 3. The Morgan fingerprint density at radius 3 is 2.84 bits per heavy atom. The zero-order valence-corrected chi connectivity index (χ0v) is 13.5. The Morgan fingerprint density at radius 1 is 1.42 bits per heavy atom. The monoisotopic (exact) mass is 342 g/mol. The summed E-state index contributed by atoms with van der Waals surface area (Å²) >= 11 is 5.04. The van der Waals surface area contributed by atoms with E-state index in [1.807, 2.05) is 17.9 Å². The van der Waals surface area contributed by atoms with E-state index in [0.29, 0.717) is 17.9 Å². The third kappa shape index (κ3) is 2.60. The number of amides is 1. The minimum absolute atomic E-state index is 0.196. The van der Waals surface area contributed by atoms with Crippen molar-refractivity contribution in [3.8, 4) is 0 Å². The van der Waals surface area contributed by atoms with Crippen LogP contribution in [-0.4, -0.2) is 29.9 Å². The van der Waals surface area contributed by atoms with Crippen molar-refractivity contribution >= 4 is 33.2 Å². The number of thiophene rings is 1. The molecule has 1 unspecified atom stereocenters. The van der Waals surface area contributed by atoms with Crippen LogP contribution >= 0.6 is 27.3 Å². The molecule has 2 heterocycles. The molecule has 0 aromatic carbocycles. The fourth-order valence-electron chi connectivity index (χ4n) is 3.35. The molecule has 1 aromatic rings. The summed E-state index contributed by atoms with van der Waals surface area (Å²) in [6.45, 7) is 3.84. The maximum Gasteiger partial charge on any atom is 0.263 e. The highest BCUT2D eigenvalue weighted by Crippen LogP contribution is 2.37. The predicted octanol–water partition coefficient (Wildman–Crippen LogP) is 3.02. The van der Waals surface area contributed by atoms with Gasteiger partial charge in [0.05, 0.1) is 8.66 Å². The van der Waals surface area contributed by atoms with Crippen LogP contribution in [0.3, 0.4) is 0 Å². The van der Waals surface area contributed by atoms with Crippen LogP contribution in [0, 0.1) is 18.8 Å². The lowest BCUT2D eigenvalue weighted by molar-refractivity contribution is 0.0788. The summed E-state index contributed by atoms with van der Waals surface area (Å²) in [6, 6.07) is 2.33. The molecule has 1 aliphatic carbocycles. The molecule has 0 bridgehead atoms. The van der Waals surface area contributed by atoms with Gasteiger partial charge in [-0.3, -0.25) is 4.79 Å². The Kier molecular flexibility index (Phi) is 3.71. The van der Waals surface area contributed by atoms with Crippen molar-refractivity contribution in [2.24, 2.45) is 17.6 Å². The molecule has 3 nitrogen and oxygen atoms in total. The van der Waals surface area contributed by atoms with Gasteiger partial charge in [-0.25, -0.2) is 0 Å². The van der Waals surface area contributed by atoms with Gasteiger partial charge in [0.1, 0.15) is 0 Å². The third-order valence-electron chi connectivity index (χ3n) is 4.45. The first-order chi connectivity index (χ1) is 9.04. The molecule has 1 saturated carbocycles. The molecule has 1 amide bonds. The molecule has 5 heteroatoms. The lowest BCUT2D eigenvalue weighted by atomic mass is 9.79. The van der Waals surface area contributed by atoms with Gasteiger partial charge in [-0.2, -0.15) is 0 Å². The van der Waals surface area contributed by atoms with Gasteiger partial charge in [-0.15, -0.1) is 11.3 Å². The molecule has 104 valence electrons. The highest BCUT2D eigenvalue weighted by Gasteiger charge is 2.39. The number of carbonyl (C=O) groups is 1. The van der Waals surface area contributed by atoms with Crippen LogP contribution in [0.15, 0.2) is 9.85 Å². The molecule has 3 rings (SSSR count). The Bertz CT molecular complexity index is 482. The van der Waals surface area contributed by atoms with E-state index in [4.69, 9.17) is 5.73 Å². The SMILES string of the molecule is Cc1cc(C(=O)N2C[C@H]3CCC(N)C[C@H]3C2)sc1Br. The molecule has 0 radical (unpaired) electrons. The van der Waals surface area contributed by atoms with Crippen LogP contribution in [-0.2, 0) is 0 Å². The summed E-state index contributed by atoms with van der Waals surface area (Å²) in [5.41, 5.74) is 7.18. The van der Waals surface area contributed by atoms with Gasteiger partial charge >= 0.3 is 0 Å². The lowest BCUT2D eigenvalue weighted by Gasteiger charge is -2.27. The lowest BCUT2D eigenvalue weighted by Crippen LogP contribution is -2.32. The zero-order chi connectivity index (χ0) is 13.6. The van der Waals surface area contributed by atoms with Crippen LogP contribution in [0.25, 0.3) is 0 Å². The average molecular weight is 343 g/mol. The van der Waals surface area contributed by atoms with Crippen molar-refractivity contribution in [3.63, 3.8) is 0 Å². The molecule has 1 aliphatic heterocycles. The standard InChI is InChI=1S/C14H19BrN2OS/c1-8-4-12(19-13(8)15)14(18)17-6-9-2-3-11(16)5-10(9)7-17/h4,9-11H,2-3,5-7,16H2,1H3/t9-,10+,11?/m1/s1. The Morgan fingerprint density at radius 2 is 2.16 bits per heavy atom. The topological polar surface area (TPSA) is 46.3 Å². The number of nitrogens with zero attached hydrogens (tertiary/aromatic N) is 1. The molecule has 2 fully saturated rings. The van der Waals surface area contributed by atoms with E-state index in [1.54, 1.807) is 11.3 Å². The van der Waals surface area contributed by atoms with Gasteiger partial charge in [0.2, 0.25) is 0 Å². The van der Waals surface area contributed by atoms with Crippen molar-refractivity contribution < 1.29 is 4.79 Å². The van der Waals surface area contributed by atoms with Crippen LogP contribution in [0.2, 0.25) is 0 Å². The van der Waals surface area contributed by atoms with E-state index in [-0.39, 0.29) is 5.91 Å². The zero-order valence-electron chi connectivity index (χ0n) is 11.1. The van der Waals surface area contributed by atoms with Gasteiger partial charge in [0.25, 0.3) is 5.91 Å². The van der Waals surface area contributed by atoms with E-state index < -0.39 is 0 Å². The molecule has 2 aliphatic rings. The smallest absolute Gasteiger partial charge is 0.263 e. The number of nitrogens with two attached hydrogens (primary N) is 1. The normalized spacial score (nSPS) is 30.5. The number of rotatable bonds is 1.